The summed E-state index contributed by atoms with van der Waals surface area (Å²) in [6.45, 7) is -2.67. The number of rotatable bonds is 4. The van der Waals surface area contributed by atoms with E-state index in [1.807, 2.05) is 5.32 Å². The zero-order valence-electron chi connectivity index (χ0n) is 15.4. The number of aromatic nitrogens is 4. The Labute approximate surface area is 146 Å². The third kappa shape index (κ3) is 2.65. The van der Waals surface area contributed by atoms with Crippen LogP contribution < -0.4 is 21.1 Å². The Hall–Kier alpha value is -3.07. The molecule has 124 valence electrons. The molecule has 0 unspecified atom stereocenters. The number of amides is 1. The molecule has 3 heterocycles. The van der Waals surface area contributed by atoms with Crippen molar-refractivity contribution in [2.24, 2.45) is 0 Å². The number of fused-ring (bicyclic) bond motifs is 1. The average Bonchev–Trinajstić information content (AvgIpc) is 2.96. The van der Waals surface area contributed by atoms with Crippen molar-refractivity contribution >= 4 is 40.5 Å². The van der Waals surface area contributed by atoms with Crippen molar-refractivity contribution in [1.82, 2.24) is 24.9 Å². The number of nitrogens with two attached hydrogens (primary N) is 1. The minimum atomic E-state index is -2.67. The summed E-state index contributed by atoms with van der Waals surface area (Å²) in [5, 5.41) is 9.31. The molecule has 0 atom stereocenters. The summed E-state index contributed by atoms with van der Waals surface area (Å²) in [6, 6.07) is 1.61. The molecule has 9 nitrogen and oxygen atoms in total. The molecular weight excluding hydrogens is 334 g/mol. The minimum absolute atomic E-state index is 0.00109. The van der Waals surface area contributed by atoms with Crippen LogP contribution in [0.3, 0.4) is 0 Å². The molecule has 1 amide bonds. The Balaban J connectivity index is 2.06. The molecule has 4 N–H and O–H groups in total. The van der Waals surface area contributed by atoms with Crippen LogP contribution in [0.25, 0.3) is 5.52 Å². The number of hydrogen-bond donors (Lipinski definition) is 3. The van der Waals surface area contributed by atoms with Gasteiger partial charge in [-0.2, -0.15) is 10.1 Å². The van der Waals surface area contributed by atoms with Gasteiger partial charge in [0.2, 0.25) is 5.95 Å². The lowest BCUT2D eigenvalue weighted by atomic mass is 10.2. The fourth-order valence-corrected chi connectivity index (χ4v) is 2.39. The van der Waals surface area contributed by atoms with Gasteiger partial charge in [0.05, 0.1) is 24.0 Å². The van der Waals surface area contributed by atoms with Gasteiger partial charge in [0.1, 0.15) is 16.9 Å². The molecule has 10 heteroatoms. The monoisotopic (exact) mass is 350 g/mol. The van der Waals surface area contributed by atoms with Gasteiger partial charge in [-0.15, -0.1) is 0 Å². The molecule has 0 spiro atoms. The lowest BCUT2D eigenvalue weighted by molar-refractivity contribution is 0.0963. The van der Waals surface area contributed by atoms with Crippen LogP contribution in [0.15, 0.2) is 24.7 Å². The van der Waals surface area contributed by atoms with Gasteiger partial charge in [-0.3, -0.25) is 4.79 Å². The summed E-state index contributed by atoms with van der Waals surface area (Å²) in [6.07, 6.45) is 4.22. The molecule has 0 aromatic carbocycles. The third-order valence-corrected chi connectivity index (χ3v) is 3.51. The standard InChI is InChI=1S/C14H14ClN7O2/c1-17-13(23)7-5-18-14(16)21-12(7)20-9-6-19-22-4-3-8(15)11(24-2)10(9)22/h3-6H,1-2H3,(H,17,23)(H3,16,18,20,21)/i1D3. The number of carbonyl (C=O) groups is 1. The Kier molecular flexibility index (Phi) is 3.20. The van der Waals surface area contributed by atoms with Crippen LogP contribution in [-0.4, -0.2) is 39.6 Å². The highest BCUT2D eigenvalue weighted by molar-refractivity contribution is 6.32. The van der Waals surface area contributed by atoms with Crippen molar-refractivity contribution in [2.75, 3.05) is 25.1 Å². The Morgan fingerprint density at radius 1 is 1.50 bits per heavy atom. The first kappa shape index (κ1) is 12.4. The number of halogens is 1. The van der Waals surface area contributed by atoms with Gasteiger partial charge in [-0.05, 0) is 6.07 Å². The topological polar surface area (TPSA) is 119 Å². The van der Waals surface area contributed by atoms with Crippen molar-refractivity contribution in [2.45, 2.75) is 0 Å². The van der Waals surface area contributed by atoms with Gasteiger partial charge in [0.15, 0.2) is 5.75 Å². The predicted molar refractivity (Wildman–Crippen MR) is 89.9 cm³/mol. The van der Waals surface area contributed by atoms with Gasteiger partial charge < -0.3 is 21.1 Å². The van der Waals surface area contributed by atoms with Crippen LogP contribution in [-0.2, 0) is 0 Å². The zero-order valence-corrected chi connectivity index (χ0v) is 13.1. The van der Waals surface area contributed by atoms with Gasteiger partial charge in [-0.1, -0.05) is 11.6 Å². The molecule has 0 saturated carbocycles. The molecule has 0 radical (unpaired) electrons. The normalized spacial score (nSPS) is 13.0. The second kappa shape index (κ2) is 6.20. The van der Waals surface area contributed by atoms with E-state index in [2.05, 4.69) is 20.4 Å². The smallest absolute Gasteiger partial charge is 0.256 e. The second-order valence-corrected chi connectivity index (χ2v) is 5.03. The van der Waals surface area contributed by atoms with Crippen molar-refractivity contribution in [3.8, 4) is 5.75 Å². The van der Waals surface area contributed by atoms with Crippen LogP contribution in [0.1, 0.15) is 14.5 Å². The largest absolute Gasteiger partial charge is 0.493 e. The Morgan fingerprint density at radius 3 is 3.08 bits per heavy atom. The van der Waals surface area contributed by atoms with Gasteiger partial charge >= 0.3 is 0 Å². The number of ether oxygens (including phenoxy) is 1. The highest BCUT2D eigenvalue weighted by Crippen LogP contribution is 2.35. The minimum Gasteiger partial charge on any atom is -0.493 e. The molecule has 24 heavy (non-hydrogen) atoms. The first-order valence-electron chi connectivity index (χ1n) is 8.11. The molecule has 3 aromatic heterocycles. The predicted octanol–water partition coefficient (Wildman–Crippen LogP) is 1.47. The number of nitrogens with zero attached hydrogens (tertiary/aromatic N) is 4. The van der Waals surface area contributed by atoms with E-state index in [0.717, 1.165) is 6.20 Å². The summed E-state index contributed by atoms with van der Waals surface area (Å²) < 4.78 is 28.4. The Bertz CT molecular complexity index is 1020. The number of methoxy groups -OCH3 is 1. The molecule has 0 aliphatic carbocycles. The van der Waals surface area contributed by atoms with Gasteiger partial charge in [-0.25, -0.2) is 9.50 Å². The first-order chi connectivity index (χ1) is 12.7. The van der Waals surface area contributed by atoms with Crippen molar-refractivity contribution in [3.05, 3.63) is 35.2 Å². The van der Waals surface area contributed by atoms with E-state index >= 15 is 0 Å². The van der Waals surface area contributed by atoms with Crippen LogP contribution in [0.5, 0.6) is 5.75 Å². The van der Waals surface area contributed by atoms with Crippen molar-refractivity contribution < 1.29 is 13.6 Å². The quantitative estimate of drug-likeness (QED) is 0.651. The first-order valence-corrected chi connectivity index (χ1v) is 6.99. The molecule has 0 saturated heterocycles. The van der Waals surface area contributed by atoms with Crippen LogP contribution >= 0.6 is 11.6 Å². The summed E-state index contributed by atoms with van der Waals surface area (Å²) >= 11 is 6.15. The summed E-state index contributed by atoms with van der Waals surface area (Å²) in [5.41, 5.74) is 6.40. The highest BCUT2D eigenvalue weighted by atomic mass is 35.5. The zero-order chi connectivity index (χ0) is 19.8. The van der Waals surface area contributed by atoms with E-state index in [-0.39, 0.29) is 17.3 Å². The van der Waals surface area contributed by atoms with Crippen LogP contribution in [0.2, 0.25) is 5.02 Å². The molecular formula is C14H14ClN7O2. The van der Waals surface area contributed by atoms with E-state index in [1.54, 1.807) is 12.3 Å². The second-order valence-electron chi connectivity index (χ2n) is 4.62. The number of anilines is 3. The summed E-state index contributed by atoms with van der Waals surface area (Å²) in [4.78, 5) is 20.0. The van der Waals surface area contributed by atoms with Crippen LogP contribution in [0, 0.1) is 0 Å². The van der Waals surface area contributed by atoms with Gasteiger partial charge in [0, 0.05) is 23.5 Å². The Morgan fingerprint density at radius 2 is 2.33 bits per heavy atom. The van der Waals surface area contributed by atoms with Gasteiger partial charge in [0.25, 0.3) is 5.91 Å². The molecule has 3 rings (SSSR count). The van der Waals surface area contributed by atoms with Crippen molar-refractivity contribution in [3.63, 3.8) is 0 Å². The van der Waals surface area contributed by atoms with Crippen molar-refractivity contribution in [1.29, 1.82) is 0 Å². The molecule has 0 aliphatic rings. The average molecular weight is 351 g/mol. The van der Waals surface area contributed by atoms with E-state index in [9.17, 15) is 4.79 Å². The molecule has 3 aromatic rings. The fourth-order valence-electron chi connectivity index (χ4n) is 2.16. The maximum absolute atomic E-state index is 12.3. The lowest BCUT2D eigenvalue weighted by Gasteiger charge is -2.11. The number of nitrogens with one attached hydrogen (secondary N) is 2. The molecule has 0 aliphatic heterocycles. The summed E-state index contributed by atoms with van der Waals surface area (Å²) in [7, 11) is 1.45. The number of hydrogen-bond acceptors (Lipinski definition) is 7. The maximum Gasteiger partial charge on any atom is 0.256 e. The number of carbonyl (C=O) groups excluding carboxylic acids is 1. The SMILES string of the molecule is [2H]C([2H])([2H])NC(=O)c1cnc(N)nc1Nc1cnn2ccc(Cl)c(OC)c12. The number of pyridine rings is 1. The fraction of sp³-hybridized carbons (Fsp3) is 0.143. The third-order valence-electron chi connectivity index (χ3n) is 3.21. The molecule has 0 fully saturated rings. The van der Waals surface area contributed by atoms with E-state index in [4.69, 9.17) is 26.2 Å². The molecule has 0 bridgehead atoms. The lowest BCUT2D eigenvalue weighted by Crippen LogP contribution is -2.20. The van der Waals surface area contributed by atoms with E-state index < -0.39 is 12.9 Å². The highest BCUT2D eigenvalue weighted by Gasteiger charge is 2.18. The van der Waals surface area contributed by atoms with E-state index in [0.29, 0.717) is 22.0 Å². The van der Waals surface area contributed by atoms with E-state index in [1.165, 1.54) is 17.8 Å². The summed E-state index contributed by atoms with van der Waals surface area (Å²) in [5.74, 6) is -0.640. The maximum atomic E-state index is 12.3. The number of nitrogen functional groups attached to an aromatic ring is 1. The van der Waals surface area contributed by atoms with Crippen LogP contribution in [0.4, 0.5) is 17.5 Å².